The van der Waals surface area contributed by atoms with E-state index in [2.05, 4.69) is 14.8 Å². The number of rotatable bonds is 5. The van der Waals surface area contributed by atoms with Crippen molar-refractivity contribution >= 4 is 39.0 Å². The largest absolute Gasteiger partial charge is 0.495 e. The third-order valence-electron chi connectivity index (χ3n) is 4.13. The van der Waals surface area contributed by atoms with E-state index in [1.165, 1.54) is 24.1 Å². The first kappa shape index (κ1) is 20.4. The monoisotopic (exact) mass is 440 g/mol. The van der Waals surface area contributed by atoms with Gasteiger partial charge < -0.3 is 4.74 Å². The van der Waals surface area contributed by atoms with Gasteiger partial charge in [0.2, 0.25) is 0 Å². The molecule has 28 heavy (non-hydrogen) atoms. The lowest BCUT2D eigenvalue weighted by Crippen LogP contribution is -2.17. The van der Waals surface area contributed by atoms with Gasteiger partial charge in [0.15, 0.2) is 5.82 Å². The summed E-state index contributed by atoms with van der Waals surface area (Å²) in [5.41, 5.74) is 2.33. The van der Waals surface area contributed by atoms with Crippen molar-refractivity contribution in [1.29, 1.82) is 0 Å². The molecule has 2 heterocycles. The number of aryl methyl sites for hydroxylation is 3. The van der Waals surface area contributed by atoms with Crippen LogP contribution in [0.15, 0.2) is 35.4 Å². The Bertz CT molecular complexity index is 1160. The molecule has 0 saturated heterocycles. The molecule has 0 radical (unpaired) electrons. The number of methoxy groups -OCH3 is 1. The first-order chi connectivity index (χ1) is 13.1. The molecule has 0 aliphatic rings. The summed E-state index contributed by atoms with van der Waals surface area (Å²) in [4.78, 5) is 4.19. The number of ether oxygens (including phenoxy) is 1. The van der Waals surface area contributed by atoms with Crippen LogP contribution in [0.1, 0.15) is 16.8 Å². The van der Waals surface area contributed by atoms with E-state index in [-0.39, 0.29) is 27.3 Å². The molecule has 0 fully saturated rings. The summed E-state index contributed by atoms with van der Waals surface area (Å²) in [5, 5.41) is 4.89. The van der Waals surface area contributed by atoms with Crippen molar-refractivity contribution in [3.63, 3.8) is 0 Å². The molecule has 1 N–H and O–H groups in total. The van der Waals surface area contributed by atoms with Gasteiger partial charge in [-0.3, -0.25) is 4.72 Å². The summed E-state index contributed by atoms with van der Waals surface area (Å²) in [5.74, 6) is 0.694. The molecule has 0 unspecified atom stereocenters. The Morgan fingerprint density at radius 3 is 2.39 bits per heavy atom. The fourth-order valence-corrected chi connectivity index (χ4v) is 4.35. The smallest absolute Gasteiger partial charge is 0.266 e. The molecule has 0 bridgehead atoms. The van der Waals surface area contributed by atoms with Crippen LogP contribution in [-0.4, -0.2) is 30.3 Å². The van der Waals surface area contributed by atoms with Crippen LogP contribution in [0.5, 0.6) is 5.75 Å². The minimum absolute atomic E-state index is 0.0265. The van der Waals surface area contributed by atoms with Crippen molar-refractivity contribution in [1.82, 2.24) is 14.8 Å². The van der Waals surface area contributed by atoms with Crippen LogP contribution in [0.25, 0.3) is 5.82 Å². The zero-order chi connectivity index (χ0) is 20.6. The normalized spacial score (nSPS) is 11.5. The molecule has 0 spiro atoms. The molecule has 0 saturated carbocycles. The number of anilines is 1. The van der Waals surface area contributed by atoms with E-state index < -0.39 is 10.0 Å². The lowest BCUT2D eigenvalue weighted by atomic mass is 10.1. The number of nitrogens with one attached hydrogen (secondary N) is 1. The second-order valence-electron chi connectivity index (χ2n) is 6.23. The number of hydrogen-bond acceptors (Lipinski definition) is 5. The van der Waals surface area contributed by atoms with Crippen molar-refractivity contribution in [3.8, 4) is 11.6 Å². The second kappa shape index (κ2) is 7.62. The number of hydrogen-bond donors (Lipinski definition) is 1. The number of aromatic nitrogens is 3. The number of sulfonamides is 1. The fourth-order valence-electron chi connectivity index (χ4n) is 2.62. The van der Waals surface area contributed by atoms with Crippen molar-refractivity contribution in [2.75, 3.05) is 11.8 Å². The van der Waals surface area contributed by atoms with Crippen LogP contribution in [0, 0.1) is 20.8 Å². The summed E-state index contributed by atoms with van der Waals surface area (Å²) in [6.45, 7) is 5.45. The number of halogens is 2. The van der Waals surface area contributed by atoms with Crippen LogP contribution in [0.4, 0.5) is 5.82 Å². The summed E-state index contributed by atoms with van der Waals surface area (Å²) in [6, 6.07) is 6.34. The third-order valence-corrected chi connectivity index (χ3v) is 5.99. The van der Waals surface area contributed by atoms with E-state index in [4.69, 9.17) is 27.9 Å². The minimum atomic E-state index is -3.97. The fraction of sp³-hybridized carbons (Fsp3) is 0.222. The third kappa shape index (κ3) is 3.94. The van der Waals surface area contributed by atoms with Crippen molar-refractivity contribution < 1.29 is 13.2 Å². The zero-order valence-corrected chi connectivity index (χ0v) is 17.9. The average molecular weight is 441 g/mol. The van der Waals surface area contributed by atoms with Crippen LogP contribution >= 0.6 is 23.2 Å². The molecular formula is C18H18Cl2N4O3S. The summed E-state index contributed by atoms with van der Waals surface area (Å²) in [6.07, 6.45) is 1.41. The lowest BCUT2D eigenvalue weighted by molar-refractivity contribution is 0.402. The molecule has 0 amide bonds. The highest BCUT2D eigenvalue weighted by Crippen LogP contribution is 2.30. The molecule has 3 aromatic rings. The molecule has 2 aromatic heterocycles. The number of pyridine rings is 1. The molecule has 148 valence electrons. The quantitative estimate of drug-likeness (QED) is 0.638. The van der Waals surface area contributed by atoms with Crippen molar-refractivity contribution in [3.05, 3.63) is 57.3 Å². The first-order valence-corrected chi connectivity index (χ1v) is 10.4. The lowest BCUT2D eigenvalue weighted by Gasteiger charge is -2.14. The molecule has 0 aliphatic carbocycles. The van der Waals surface area contributed by atoms with Gasteiger partial charge in [0.25, 0.3) is 10.0 Å². The summed E-state index contributed by atoms with van der Waals surface area (Å²) in [7, 11) is -2.54. The second-order valence-corrected chi connectivity index (χ2v) is 8.73. The molecule has 7 nitrogen and oxygen atoms in total. The van der Waals surface area contributed by atoms with E-state index in [1.54, 1.807) is 25.1 Å². The van der Waals surface area contributed by atoms with Crippen molar-refractivity contribution in [2.45, 2.75) is 25.7 Å². The molecule has 1 aromatic carbocycles. The summed E-state index contributed by atoms with van der Waals surface area (Å²) >= 11 is 12.1. The Labute approximate surface area is 173 Å². The predicted octanol–water partition coefficient (Wildman–Crippen LogP) is 4.31. The number of nitrogens with zero attached hydrogens (tertiary/aromatic N) is 3. The Hall–Kier alpha value is -2.29. The van der Waals surface area contributed by atoms with Gasteiger partial charge in [0.05, 0.1) is 22.8 Å². The van der Waals surface area contributed by atoms with Gasteiger partial charge >= 0.3 is 0 Å². The van der Waals surface area contributed by atoms with Gasteiger partial charge in [-0.2, -0.15) is 9.78 Å². The Kier molecular flexibility index (Phi) is 5.56. The van der Waals surface area contributed by atoms with Crippen molar-refractivity contribution in [2.24, 2.45) is 0 Å². The predicted molar refractivity (Wildman–Crippen MR) is 109 cm³/mol. The first-order valence-electron chi connectivity index (χ1n) is 8.18. The van der Waals surface area contributed by atoms with Crippen LogP contribution < -0.4 is 9.46 Å². The van der Waals surface area contributed by atoms with Gasteiger partial charge in [-0.05, 0) is 50.1 Å². The highest BCUT2D eigenvalue weighted by Gasteiger charge is 2.24. The Morgan fingerprint density at radius 1 is 1.07 bits per heavy atom. The number of benzene rings is 1. The molecule has 0 aliphatic heterocycles. The highest BCUT2D eigenvalue weighted by atomic mass is 35.5. The van der Waals surface area contributed by atoms with Crippen LogP contribution in [0.2, 0.25) is 10.0 Å². The Balaban J connectivity index is 2.09. The van der Waals surface area contributed by atoms with Crippen LogP contribution in [0.3, 0.4) is 0 Å². The van der Waals surface area contributed by atoms with Gasteiger partial charge in [0, 0.05) is 12.3 Å². The van der Waals surface area contributed by atoms with Gasteiger partial charge in [-0.1, -0.05) is 23.2 Å². The van der Waals surface area contributed by atoms with Gasteiger partial charge in [-0.25, -0.2) is 13.4 Å². The highest BCUT2D eigenvalue weighted by molar-refractivity contribution is 7.92. The standard InChI is InChI=1S/C18H18Cl2N4O3S/c1-10-5-15(27-4)16(6-11(10)2)28(25,26)23-17-7-12(3)22-24(17)18-14(20)8-13(19)9-21-18/h5-9,23H,1-4H3. The minimum Gasteiger partial charge on any atom is -0.495 e. The van der Waals surface area contributed by atoms with Gasteiger partial charge in [-0.15, -0.1) is 0 Å². The van der Waals surface area contributed by atoms with E-state index >= 15 is 0 Å². The summed E-state index contributed by atoms with van der Waals surface area (Å²) < 4.78 is 35.3. The van der Waals surface area contributed by atoms with Crippen LogP contribution in [-0.2, 0) is 10.0 Å². The topological polar surface area (TPSA) is 86.1 Å². The van der Waals surface area contributed by atoms with Gasteiger partial charge in [0.1, 0.15) is 16.5 Å². The van der Waals surface area contributed by atoms with E-state index in [0.29, 0.717) is 10.7 Å². The maximum atomic E-state index is 13.1. The average Bonchev–Trinajstić information content (AvgIpc) is 2.96. The van der Waals surface area contributed by atoms with E-state index in [0.717, 1.165) is 11.1 Å². The maximum absolute atomic E-state index is 13.1. The molecule has 10 heteroatoms. The molecule has 3 rings (SSSR count). The zero-order valence-electron chi connectivity index (χ0n) is 15.6. The molecule has 0 atom stereocenters. The Morgan fingerprint density at radius 2 is 1.75 bits per heavy atom. The SMILES string of the molecule is COc1cc(C)c(C)cc1S(=O)(=O)Nc1cc(C)nn1-c1ncc(Cl)cc1Cl. The van der Waals surface area contributed by atoms with E-state index in [9.17, 15) is 8.42 Å². The molecular weight excluding hydrogens is 423 g/mol. The maximum Gasteiger partial charge on any atom is 0.266 e. The van der Waals surface area contributed by atoms with E-state index in [1.807, 2.05) is 13.8 Å².